The summed E-state index contributed by atoms with van der Waals surface area (Å²) in [5, 5.41) is 0. The lowest BCUT2D eigenvalue weighted by Gasteiger charge is -1.95. The molecule has 0 aliphatic heterocycles. The average molecular weight is 133 g/mol. The van der Waals surface area contributed by atoms with Crippen molar-refractivity contribution in [2.24, 2.45) is 0 Å². The highest BCUT2D eigenvalue weighted by atomic mass is 16.1. The van der Waals surface area contributed by atoms with Gasteiger partial charge in [0.2, 0.25) is 0 Å². The topological polar surface area (TPSA) is 39.4 Å². The number of rotatable bonds is 1. The van der Waals surface area contributed by atoms with Gasteiger partial charge in [-0.25, -0.2) is 0 Å². The predicted octanol–water partition coefficient (Wildman–Crippen LogP) is 1.20. The Kier molecular flexibility index (Phi) is 1.71. The first-order chi connectivity index (χ1) is 4.72. The maximum Gasteiger partial charge on any atom is 0.295 e. The van der Waals surface area contributed by atoms with E-state index in [1.54, 1.807) is 25.1 Å². The minimum Gasteiger partial charge on any atom is -0.265 e. The molecule has 0 aromatic heterocycles. The molecule has 10 heavy (non-hydrogen) atoms. The fraction of sp³-hybridized carbons (Fsp3) is 0.125. The van der Waals surface area contributed by atoms with Crippen molar-refractivity contribution in [3.05, 3.63) is 35.4 Å². The third-order valence-corrected chi connectivity index (χ3v) is 1.38. The molecule has 0 aliphatic rings. The zero-order valence-electron chi connectivity index (χ0n) is 5.66. The van der Waals surface area contributed by atoms with Crippen molar-refractivity contribution in [1.29, 1.82) is 0 Å². The van der Waals surface area contributed by atoms with Crippen LogP contribution in [0.25, 0.3) is 0 Å². The third kappa shape index (κ3) is 1.16. The third-order valence-electron chi connectivity index (χ3n) is 1.38. The SMILES string of the molecule is Cc1ccccc1C([N])=O. The van der Waals surface area contributed by atoms with Crippen molar-refractivity contribution in [2.45, 2.75) is 6.92 Å². The highest BCUT2D eigenvalue weighted by molar-refractivity contribution is 5.93. The number of hydrogen-bond donors (Lipinski definition) is 0. The van der Waals surface area contributed by atoms with Crippen LogP contribution >= 0.6 is 0 Å². The van der Waals surface area contributed by atoms with E-state index in [9.17, 15) is 4.79 Å². The number of nitrogens with zero attached hydrogens (tertiary/aromatic N) is 1. The second kappa shape index (κ2) is 2.52. The molecule has 0 aliphatic carbocycles. The predicted molar refractivity (Wildman–Crippen MR) is 37.6 cm³/mol. The molecule has 2 heteroatoms. The Balaban J connectivity index is 3.15. The monoisotopic (exact) mass is 133 g/mol. The van der Waals surface area contributed by atoms with Crippen molar-refractivity contribution in [3.63, 3.8) is 0 Å². The van der Waals surface area contributed by atoms with Gasteiger partial charge in [-0.1, -0.05) is 18.2 Å². The van der Waals surface area contributed by atoms with Crippen LogP contribution in [0.2, 0.25) is 0 Å². The molecule has 2 nitrogen and oxygen atoms in total. The molecule has 1 aromatic carbocycles. The number of carbonyl (C=O) groups is 1. The van der Waals surface area contributed by atoms with Gasteiger partial charge in [0.1, 0.15) is 0 Å². The summed E-state index contributed by atoms with van der Waals surface area (Å²) >= 11 is 0. The largest absolute Gasteiger partial charge is 0.295 e. The number of carbonyl (C=O) groups excluding carboxylic acids is 1. The standard InChI is InChI=1S/C8H7NO/c1-6-4-2-3-5-7(6)8(9)10/h2-5H,1H3. The summed E-state index contributed by atoms with van der Waals surface area (Å²) in [4.78, 5) is 10.4. The van der Waals surface area contributed by atoms with E-state index in [-0.39, 0.29) is 0 Å². The smallest absolute Gasteiger partial charge is 0.265 e. The summed E-state index contributed by atoms with van der Waals surface area (Å²) < 4.78 is 0. The van der Waals surface area contributed by atoms with Gasteiger partial charge in [-0.05, 0) is 18.6 Å². The number of amides is 1. The molecule has 0 N–H and O–H groups in total. The summed E-state index contributed by atoms with van der Waals surface area (Å²) in [5.74, 6) is -0.863. The molecule has 1 amide bonds. The van der Waals surface area contributed by atoms with Crippen LogP contribution < -0.4 is 5.73 Å². The zero-order chi connectivity index (χ0) is 7.56. The molecule has 0 heterocycles. The maximum atomic E-state index is 10.4. The normalized spacial score (nSPS) is 9.30. The van der Waals surface area contributed by atoms with Crippen molar-refractivity contribution < 1.29 is 4.79 Å². The molecule has 0 fully saturated rings. The molecule has 0 unspecified atom stereocenters. The Morgan fingerprint density at radius 3 is 2.40 bits per heavy atom. The molecule has 0 saturated carbocycles. The summed E-state index contributed by atoms with van der Waals surface area (Å²) in [5.41, 5.74) is 9.74. The maximum absolute atomic E-state index is 10.4. The lowest BCUT2D eigenvalue weighted by molar-refractivity contribution is 0.0991. The van der Waals surface area contributed by atoms with E-state index in [0.717, 1.165) is 5.56 Å². The van der Waals surface area contributed by atoms with Gasteiger partial charge in [-0.15, -0.1) is 5.73 Å². The van der Waals surface area contributed by atoms with E-state index in [1.165, 1.54) is 0 Å². The van der Waals surface area contributed by atoms with Gasteiger partial charge in [0.15, 0.2) is 0 Å². The zero-order valence-corrected chi connectivity index (χ0v) is 5.66. The van der Waals surface area contributed by atoms with Gasteiger partial charge in [0, 0.05) is 5.56 Å². The molecule has 1 aromatic rings. The number of benzene rings is 1. The van der Waals surface area contributed by atoms with E-state index in [2.05, 4.69) is 0 Å². The van der Waals surface area contributed by atoms with E-state index in [0.29, 0.717) is 5.56 Å². The van der Waals surface area contributed by atoms with Crippen molar-refractivity contribution in [1.82, 2.24) is 5.73 Å². The van der Waals surface area contributed by atoms with Gasteiger partial charge in [-0.2, -0.15) is 0 Å². The van der Waals surface area contributed by atoms with Crippen LogP contribution in [0, 0.1) is 6.92 Å². The minimum absolute atomic E-state index is 0.377. The molecule has 2 radical (unpaired) electrons. The summed E-state index contributed by atoms with van der Waals surface area (Å²) in [7, 11) is 0. The summed E-state index contributed by atoms with van der Waals surface area (Å²) in [6.07, 6.45) is 0. The highest BCUT2D eigenvalue weighted by Crippen LogP contribution is 2.05. The van der Waals surface area contributed by atoms with Crippen molar-refractivity contribution >= 4 is 5.91 Å². The van der Waals surface area contributed by atoms with Crippen LogP contribution in [0.5, 0.6) is 0 Å². The molecule has 0 bridgehead atoms. The van der Waals surface area contributed by atoms with E-state index in [4.69, 9.17) is 5.73 Å². The minimum atomic E-state index is -0.863. The fourth-order valence-electron chi connectivity index (χ4n) is 0.813. The first kappa shape index (κ1) is 6.81. The first-order valence-electron chi connectivity index (χ1n) is 3.01. The Bertz CT molecular complexity index is 255. The Morgan fingerprint density at radius 2 is 2.00 bits per heavy atom. The Hall–Kier alpha value is -1.31. The quantitative estimate of drug-likeness (QED) is 0.567. The van der Waals surface area contributed by atoms with Gasteiger partial charge < -0.3 is 0 Å². The summed E-state index contributed by atoms with van der Waals surface area (Å²) in [6, 6.07) is 6.92. The van der Waals surface area contributed by atoms with Crippen molar-refractivity contribution in [3.8, 4) is 0 Å². The Morgan fingerprint density at radius 1 is 1.40 bits per heavy atom. The van der Waals surface area contributed by atoms with Gasteiger partial charge >= 0.3 is 0 Å². The Labute approximate surface area is 59.7 Å². The van der Waals surface area contributed by atoms with Crippen LogP contribution in [0.1, 0.15) is 15.9 Å². The molecular weight excluding hydrogens is 126 g/mol. The van der Waals surface area contributed by atoms with Crippen LogP contribution in [-0.4, -0.2) is 5.91 Å². The fourth-order valence-corrected chi connectivity index (χ4v) is 0.813. The summed E-state index contributed by atoms with van der Waals surface area (Å²) in [6.45, 7) is 1.78. The van der Waals surface area contributed by atoms with Gasteiger partial charge in [0.25, 0.3) is 5.91 Å². The van der Waals surface area contributed by atoms with Crippen LogP contribution in [-0.2, 0) is 0 Å². The van der Waals surface area contributed by atoms with E-state index >= 15 is 0 Å². The number of hydrogen-bond acceptors (Lipinski definition) is 1. The molecule has 1 rings (SSSR count). The molecule has 0 saturated heterocycles. The lowest BCUT2D eigenvalue weighted by atomic mass is 10.1. The first-order valence-corrected chi connectivity index (χ1v) is 3.01. The van der Waals surface area contributed by atoms with Crippen LogP contribution in [0.4, 0.5) is 0 Å². The molecule has 0 spiro atoms. The molecular formula is C8H7NO. The van der Waals surface area contributed by atoms with Crippen molar-refractivity contribution in [2.75, 3.05) is 0 Å². The second-order valence-corrected chi connectivity index (χ2v) is 2.12. The number of aryl methyl sites for hydroxylation is 1. The average Bonchev–Trinajstić information content (AvgIpc) is 1.88. The van der Waals surface area contributed by atoms with Gasteiger partial charge in [0.05, 0.1) is 0 Å². The van der Waals surface area contributed by atoms with E-state index in [1.807, 2.05) is 6.07 Å². The highest BCUT2D eigenvalue weighted by Gasteiger charge is 2.03. The molecule has 0 atom stereocenters. The second-order valence-electron chi connectivity index (χ2n) is 2.12. The lowest BCUT2D eigenvalue weighted by Crippen LogP contribution is -2.00. The van der Waals surface area contributed by atoms with E-state index < -0.39 is 5.91 Å². The van der Waals surface area contributed by atoms with Gasteiger partial charge in [-0.3, -0.25) is 4.79 Å². The molecule has 50 valence electrons. The van der Waals surface area contributed by atoms with Crippen LogP contribution in [0.15, 0.2) is 24.3 Å². The van der Waals surface area contributed by atoms with Crippen LogP contribution in [0.3, 0.4) is 0 Å².